The number of methoxy groups -OCH3 is 1. The number of nitrogens with two attached hydrogens (primary N) is 1. The highest BCUT2D eigenvalue weighted by molar-refractivity contribution is 5.44. The van der Waals surface area contributed by atoms with E-state index in [0.29, 0.717) is 30.6 Å². The summed E-state index contributed by atoms with van der Waals surface area (Å²) in [6, 6.07) is 1.66. The van der Waals surface area contributed by atoms with Gasteiger partial charge in [0.2, 0.25) is 0 Å². The van der Waals surface area contributed by atoms with Crippen molar-refractivity contribution in [3.8, 4) is 0 Å². The zero-order valence-electron chi connectivity index (χ0n) is 10.6. The van der Waals surface area contributed by atoms with Gasteiger partial charge in [0.25, 0.3) is 0 Å². The molecule has 6 heteroatoms. The molecule has 0 saturated heterocycles. The zero-order valence-corrected chi connectivity index (χ0v) is 10.6. The summed E-state index contributed by atoms with van der Waals surface area (Å²) in [5.41, 5.74) is 5.09. The fourth-order valence-electron chi connectivity index (χ4n) is 2.27. The number of hydrogen-bond donors (Lipinski definition) is 3. The number of aliphatic hydroxyl groups is 1. The van der Waals surface area contributed by atoms with E-state index in [1.165, 1.54) is 0 Å². The van der Waals surface area contributed by atoms with Crippen LogP contribution in [0.3, 0.4) is 0 Å². The Labute approximate surface area is 107 Å². The van der Waals surface area contributed by atoms with Crippen molar-refractivity contribution in [1.29, 1.82) is 0 Å². The van der Waals surface area contributed by atoms with Gasteiger partial charge in [-0.25, -0.2) is 9.97 Å². The minimum absolute atomic E-state index is 0.323. The number of nitrogen functional groups attached to an aromatic ring is 1. The summed E-state index contributed by atoms with van der Waals surface area (Å²) in [5.74, 6) is 1.58. The van der Waals surface area contributed by atoms with Crippen LogP contribution in [0.5, 0.6) is 0 Å². The smallest absolute Gasteiger partial charge is 0.158 e. The van der Waals surface area contributed by atoms with E-state index in [4.69, 9.17) is 10.5 Å². The summed E-state index contributed by atoms with van der Waals surface area (Å²) < 4.78 is 4.98. The van der Waals surface area contributed by atoms with E-state index in [2.05, 4.69) is 15.3 Å². The van der Waals surface area contributed by atoms with Crippen molar-refractivity contribution in [2.24, 2.45) is 0 Å². The van der Waals surface area contributed by atoms with Gasteiger partial charge in [-0.1, -0.05) is 12.8 Å². The van der Waals surface area contributed by atoms with Crippen LogP contribution in [0.15, 0.2) is 6.07 Å². The summed E-state index contributed by atoms with van der Waals surface area (Å²) in [6.07, 6.45) is 3.84. The number of ether oxygens (including phenoxy) is 1. The predicted molar refractivity (Wildman–Crippen MR) is 69.1 cm³/mol. The molecule has 0 bridgehead atoms. The van der Waals surface area contributed by atoms with Gasteiger partial charge in [0.1, 0.15) is 18.2 Å². The summed E-state index contributed by atoms with van der Waals surface area (Å²) in [7, 11) is 1.58. The highest BCUT2D eigenvalue weighted by atomic mass is 16.5. The number of hydrogen-bond acceptors (Lipinski definition) is 6. The van der Waals surface area contributed by atoms with E-state index in [1.54, 1.807) is 13.2 Å². The van der Waals surface area contributed by atoms with Gasteiger partial charge in [0, 0.05) is 19.7 Å². The minimum atomic E-state index is -0.610. The second kappa shape index (κ2) is 5.49. The highest BCUT2D eigenvalue weighted by Crippen LogP contribution is 2.29. The fraction of sp³-hybridized carbons (Fsp3) is 0.667. The normalized spacial score (nSPS) is 17.9. The maximum Gasteiger partial charge on any atom is 0.158 e. The standard InChI is InChI=1S/C12H20N4O2/c1-18-7-11-15-9(13)6-10(16-11)14-8-12(17)4-2-3-5-12/h6,17H,2-5,7-8H2,1H3,(H3,13,14,15,16). The van der Waals surface area contributed by atoms with Gasteiger partial charge in [-0.05, 0) is 12.8 Å². The molecule has 100 valence electrons. The number of nitrogens with one attached hydrogen (secondary N) is 1. The Morgan fingerprint density at radius 2 is 2.17 bits per heavy atom. The van der Waals surface area contributed by atoms with Crippen LogP contribution in [-0.4, -0.2) is 34.3 Å². The molecular weight excluding hydrogens is 232 g/mol. The molecule has 6 nitrogen and oxygen atoms in total. The van der Waals surface area contributed by atoms with E-state index in [1.807, 2.05) is 0 Å². The average Bonchev–Trinajstić information content (AvgIpc) is 2.74. The van der Waals surface area contributed by atoms with Crippen LogP contribution < -0.4 is 11.1 Å². The molecular formula is C12H20N4O2. The number of aromatic nitrogens is 2. The quantitative estimate of drug-likeness (QED) is 0.721. The Morgan fingerprint density at radius 3 is 2.83 bits per heavy atom. The molecule has 0 aliphatic heterocycles. The third kappa shape index (κ3) is 3.30. The van der Waals surface area contributed by atoms with Gasteiger partial charge in [0.05, 0.1) is 5.60 Å². The first-order valence-electron chi connectivity index (χ1n) is 6.20. The van der Waals surface area contributed by atoms with E-state index < -0.39 is 5.60 Å². The molecule has 1 aliphatic carbocycles. The monoisotopic (exact) mass is 252 g/mol. The van der Waals surface area contributed by atoms with Crippen LogP contribution in [0, 0.1) is 0 Å². The number of anilines is 2. The summed E-state index contributed by atoms with van der Waals surface area (Å²) >= 11 is 0. The molecule has 0 spiro atoms. The van der Waals surface area contributed by atoms with Crippen LogP contribution in [0.1, 0.15) is 31.5 Å². The molecule has 2 rings (SSSR count). The molecule has 1 aromatic rings. The van der Waals surface area contributed by atoms with Gasteiger partial charge in [0.15, 0.2) is 5.82 Å². The lowest BCUT2D eigenvalue weighted by Crippen LogP contribution is -2.33. The molecule has 1 heterocycles. The largest absolute Gasteiger partial charge is 0.388 e. The molecule has 1 saturated carbocycles. The third-order valence-corrected chi connectivity index (χ3v) is 3.20. The summed E-state index contributed by atoms with van der Waals surface area (Å²) in [4.78, 5) is 8.34. The van der Waals surface area contributed by atoms with Crippen molar-refractivity contribution < 1.29 is 9.84 Å². The molecule has 1 fully saturated rings. The van der Waals surface area contributed by atoms with Crippen molar-refractivity contribution in [3.63, 3.8) is 0 Å². The van der Waals surface area contributed by atoms with Gasteiger partial charge in [-0.3, -0.25) is 0 Å². The Bertz CT molecular complexity index is 405. The maximum absolute atomic E-state index is 10.2. The number of nitrogens with zero attached hydrogens (tertiary/aromatic N) is 2. The first-order chi connectivity index (χ1) is 8.61. The van der Waals surface area contributed by atoms with Gasteiger partial charge in [-0.2, -0.15) is 0 Å². The van der Waals surface area contributed by atoms with Crippen LogP contribution in [0.25, 0.3) is 0 Å². The van der Waals surface area contributed by atoms with Crippen molar-refractivity contribution in [1.82, 2.24) is 9.97 Å². The Kier molecular flexibility index (Phi) is 3.98. The molecule has 1 aliphatic rings. The third-order valence-electron chi connectivity index (χ3n) is 3.20. The van der Waals surface area contributed by atoms with Crippen LogP contribution in [-0.2, 0) is 11.3 Å². The topological polar surface area (TPSA) is 93.3 Å². The van der Waals surface area contributed by atoms with Crippen molar-refractivity contribution >= 4 is 11.6 Å². The van der Waals surface area contributed by atoms with E-state index in [9.17, 15) is 5.11 Å². The SMILES string of the molecule is COCc1nc(N)cc(NCC2(O)CCCC2)n1. The van der Waals surface area contributed by atoms with Crippen LogP contribution in [0.4, 0.5) is 11.6 Å². The maximum atomic E-state index is 10.2. The predicted octanol–water partition coefficient (Wildman–Crippen LogP) is 0.922. The number of rotatable bonds is 5. The molecule has 1 aromatic heterocycles. The van der Waals surface area contributed by atoms with Gasteiger partial charge < -0.3 is 20.9 Å². The lowest BCUT2D eigenvalue weighted by Gasteiger charge is -2.22. The summed E-state index contributed by atoms with van der Waals surface area (Å²) in [6.45, 7) is 0.819. The average molecular weight is 252 g/mol. The lowest BCUT2D eigenvalue weighted by molar-refractivity contribution is 0.0614. The second-order valence-electron chi connectivity index (χ2n) is 4.81. The molecule has 0 amide bonds. The Balaban J connectivity index is 2.00. The Hall–Kier alpha value is -1.40. The molecule has 18 heavy (non-hydrogen) atoms. The molecule has 0 atom stereocenters. The molecule has 0 aromatic carbocycles. The van der Waals surface area contributed by atoms with Gasteiger partial charge >= 0.3 is 0 Å². The highest BCUT2D eigenvalue weighted by Gasteiger charge is 2.30. The Morgan fingerprint density at radius 1 is 1.44 bits per heavy atom. The summed E-state index contributed by atoms with van der Waals surface area (Å²) in [5, 5.41) is 13.4. The van der Waals surface area contributed by atoms with Crippen molar-refractivity contribution in [2.75, 3.05) is 24.7 Å². The molecule has 0 radical (unpaired) electrons. The zero-order chi connectivity index (χ0) is 13.0. The fourth-order valence-corrected chi connectivity index (χ4v) is 2.27. The lowest BCUT2D eigenvalue weighted by atomic mass is 10.0. The second-order valence-corrected chi connectivity index (χ2v) is 4.81. The van der Waals surface area contributed by atoms with Crippen LogP contribution in [0.2, 0.25) is 0 Å². The molecule has 0 unspecified atom stereocenters. The van der Waals surface area contributed by atoms with Crippen LogP contribution >= 0.6 is 0 Å². The first-order valence-corrected chi connectivity index (χ1v) is 6.20. The van der Waals surface area contributed by atoms with E-state index in [-0.39, 0.29) is 0 Å². The van der Waals surface area contributed by atoms with E-state index >= 15 is 0 Å². The van der Waals surface area contributed by atoms with Crippen molar-refractivity contribution in [2.45, 2.75) is 37.9 Å². The molecule has 4 N–H and O–H groups in total. The van der Waals surface area contributed by atoms with Crippen molar-refractivity contribution in [3.05, 3.63) is 11.9 Å². The van der Waals surface area contributed by atoms with E-state index in [0.717, 1.165) is 25.7 Å². The first kappa shape index (κ1) is 13.0. The van der Waals surface area contributed by atoms with Gasteiger partial charge in [-0.15, -0.1) is 0 Å². The minimum Gasteiger partial charge on any atom is -0.388 e.